The molecule has 0 radical (unpaired) electrons. The Morgan fingerprint density at radius 3 is 2.57 bits per heavy atom. The van der Waals surface area contributed by atoms with E-state index in [0.717, 1.165) is 12.8 Å². The van der Waals surface area contributed by atoms with Crippen LogP contribution in [0.2, 0.25) is 25.2 Å². The van der Waals surface area contributed by atoms with Gasteiger partial charge in [-0.15, -0.1) is 0 Å². The molecule has 2 nitrogen and oxygen atoms in total. The van der Waals surface area contributed by atoms with Crippen molar-refractivity contribution in [1.82, 2.24) is 0 Å². The number of allylic oxidation sites excluding steroid dienone is 2. The number of rotatable bonds is 2. The van der Waals surface area contributed by atoms with Crippen LogP contribution in [-0.4, -0.2) is 21.2 Å². The Labute approximate surface area is 87.3 Å². The van der Waals surface area contributed by atoms with Crippen molar-refractivity contribution in [1.29, 1.82) is 0 Å². The van der Waals surface area contributed by atoms with Gasteiger partial charge in [0.25, 0.3) is 0 Å². The second-order valence-electron chi connectivity index (χ2n) is 5.03. The Morgan fingerprint density at radius 2 is 2.07 bits per heavy atom. The third-order valence-electron chi connectivity index (χ3n) is 2.93. The molecule has 0 aromatic heterocycles. The molecule has 0 bridgehead atoms. The maximum Gasteiger partial charge on any atom is 0.308 e. The van der Waals surface area contributed by atoms with Gasteiger partial charge in [0.1, 0.15) is 0 Å². The van der Waals surface area contributed by atoms with E-state index in [2.05, 4.69) is 31.8 Å². The Kier molecular flexibility index (Phi) is 3.53. The fraction of sp³-hybridized carbons (Fsp3) is 0.727. The van der Waals surface area contributed by atoms with E-state index in [0.29, 0.717) is 5.54 Å². The minimum atomic E-state index is -1.29. The molecule has 0 saturated heterocycles. The number of carbonyl (C=O) groups excluding carboxylic acids is 1. The van der Waals surface area contributed by atoms with Gasteiger partial charge in [0, 0.05) is 0 Å². The van der Waals surface area contributed by atoms with Gasteiger partial charge in [0.05, 0.1) is 21.1 Å². The Hall–Kier alpha value is -0.573. The van der Waals surface area contributed by atoms with Crippen LogP contribution in [0.5, 0.6) is 0 Å². The lowest BCUT2D eigenvalue weighted by Crippen LogP contribution is -2.37. The van der Waals surface area contributed by atoms with Crippen molar-refractivity contribution >= 4 is 14.0 Å². The standard InChI is InChI=1S/C11H20O2Si/c1-13-11(12)9-7-5-6-8-10(9)14(2,3)4/h6,8-10H,5,7H2,1-4H3. The van der Waals surface area contributed by atoms with Gasteiger partial charge in [-0.1, -0.05) is 31.8 Å². The SMILES string of the molecule is COC(=O)C1CCC=CC1[Si](C)(C)C. The van der Waals surface area contributed by atoms with Crippen LogP contribution in [0, 0.1) is 5.92 Å². The van der Waals surface area contributed by atoms with E-state index in [1.807, 2.05) is 0 Å². The van der Waals surface area contributed by atoms with Crippen LogP contribution < -0.4 is 0 Å². The lowest BCUT2D eigenvalue weighted by molar-refractivity contribution is -0.145. The van der Waals surface area contributed by atoms with Gasteiger partial charge in [0.2, 0.25) is 0 Å². The van der Waals surface area contributed by atoms with Crippen LogP contribution in [0.1, 0.15) is 12.8 Å². The molecule has 0 aliphatic heterocycles. The lowest BCUT2D eigenvalue weighted by Gasteiger charge is -2.34. The predicted octanol–water partition coefficient (Wildman–Crippen LogP) is 2.83. The summed E-state index contributed by atoms with van der Waals surface area (Å²) in [5, 5.41) is 0. The third kappa shape index (κ3) is 2.47. The number of methoxy groups -OCH3 is 1. The van der Waals surface area contributed by atoms with Crippen LogP contribution in [-0.2, 0) is 9.53 Å². The number of carbonyl (C=O) groups is 1. The lowest BCUT2D eigenvalue weighted by atomic mass is 9.94. The molecular weight excluding hydrogens is 192 g/mol. The molecule has 2 unspecified atom stereocenters. The van der Waals surface area contributed by atoms with E-state index in [4.69, 9.17) is 4.74 Å². The average molecular weight is 212 g/mol. The van der Waals surface area contributed by atoms with Crippen molar-refractivity contribution in [2.24, 2.45) is 5.92 Å². The van der Waals surface area contributed by atoms with Crippen molar-refractivity contribution in [2.45, 2.75) is 38.0 Å². The molecule has 1 aliphatic carbocycles. The zero-order chi connectivity index (χ0) is 10.8. The predicted molar refractivity (Wildman–Crippen MR) is 61.0 cm³/mol. The van der Waals surface area contributed by atoms with Crippen LogP contribution >= 0.6 is 0 Å². The first-order valence-corrected chi connectivity index (χ1v) is 8.79. The molecule has 0 aromatic rings. The van der Waals surface area contributed by atoms with Crippen molar-refractivity contribution in [3.63, 3.8) is 0 Å². The highest BCUT2D eigenvalue weighted by Crippen LogP contribution is 2.38. The summed E-state index contributed by atoms with van der Waals surface area (Å²) in [5.41, 5.74) is 0.448. The monoisotopic (exact) mass is 212 g/mol. The number of esters is 1. The summed E-state index contributed by atoms with van der Waals surface area (Å²) in [6, 6.07) is 0. The van der Waals surface area contributed by atoms with Gasteiger partial charge in [0.15, 0.2) is 0 Å². The third-order valence-corrected chi connectivity index (χ3v) is 5.52. The Balaban J connectivity index is 2.83. The highest BCUT2D eigenvalue weighted by Gasteiger charge is 2.37. The van der Waals surface area contributed by atoms with Crippen molar-refractivity contribution in [3.05, 3.63) is 12.2 Å². The first-order valence-electron chi connectivity index (χ1n) is 5.21. The molecule has 0 saturated carbocycles. The van der Waals surface area contributed by atoms with Gasteiger partial charge in [-0.25, -0.2) is 0 Å². The molecule has 0 amide bonds. The summed E-state index contributed by atoms with van der Waals surface area (Å²) in [6.45, 7) is 6.93. The number of hydrogen-bond donors (Lipinski definition) is 0. The summed E-state index contributed by atoms with van der Waals surface area (Å²) < 4.78 is 4.86. The minimum Gasteiger partial charge on any atom is -0.469 e. The summed E-state index contributed by atoms with van der Waals surface area (Å²) >= 11 is 0. The molecular formula is C11H20O2Si. The zero-order valence-electron chi connectivity index (χ0n) is 9.54. The quantitative estimate of drug-likeness (QED) is 0.400. The highest BCUT2D eigenvalue weighted by atomic mass is 28.3. The summed E-state index contributed by atoms with van der Waals surface area (Å²) in [7, 11) is 0.202. The van der Waals surface area contributed by atoms with Crippen molar-refractivity contribution < 1.29 is 9.53 Å². The molecule has 1 aliphatic rings. The zero-order valence-corrected chi connectivity index (χ0v) is 10.5. The second kappa shape index (κ2) is 4.30. The fourth-order valence-corrected chi connectivity index (χ4v) is 4.36. The molecule has 3 heteroatoms. The fourth-order valence-electron chi connectivity index (χ4n) is 2.14. The molecule has 0 aromatic carbocycles. The van der Waals surface area contributed by atoms with Gasteiger partial charge in [-0.2, -0.15) is 0 Å². The normalized spacial score (nSPS) is 27.4. The largest absolute Gasteiger partial charge is 0.469 e. The Morgan fingerprint density at radius 1 is 1.43 bits per heavy atom. The summed E-state index contributed by atoms with van der Waals surface area (Å²) in [5.74, 6) is 0.0819. The van der Waals surface area contributed by atoms with Gasteiger partial charge < -0.3 is 4.74 Å². The Bertz CT molecular complexity index is 240. The smallest absolute Gasteiger partial charge is 0.308 e. The molecule has 14 heavy (non-hydrogen) atoms. The van der Waals surface area contributed by atoms with Crippen LogP contribution in [0.25, 0.3) is 0 Å². The summed E-state index contributed by atoms with van der Waals surface area (Å²) in [4.78, 5) is 11.6. The molecule has 0 fully saturated rings. The van der Waals surface area contributed by atoms with Crippen LogP contribution in [0.4, 0.5) is 0 Å². The molecule has 0 N–H and O–H groups in total. The maximum absolute atomic E-state index is 11.6. The second-order valence-corrected chi connectivity index (χ2v) is 10.4. The maximum atomic E-state index is 11.6. The van der Waals surface area contributed by atoms with Gasteiger partial charge >= 0.3 is 5.97 Å². The van der Waals surface area contributed by atoms with E-state index in [9.17, 15) is 4.79 Å². The van der Waals surface area contributed by atoms with Crippen LogP contribution in [0.3, 0.4) is 0 Å². The van der Waals surface area contributed by atoms with Gasteiger partial charge in [-0.3, -0.25) is 4.79 Å². The molecule has 80 valence electrons. The molecule has 1 rings (SSSR count). The average Bonchev–Trinajstić information content (AvgIpc) is 2.15. The van der Waals surface area contributed by atoms with Crippen LogP contribution in [0.15, 0.2) is 12.2 Å². The van der Waals surface area contributed by atoms with Gasteiger partial charge in [-0.05, 0) is 18.4 Å². The molecule has 0 heterocycles. The van der Waals surface area contributed by atoms with E-state index >= 15 is 0 Å². The number of ether oxygens (including phenoxy) is 1. The van der Waals surface area contributed by atoms with E-state index in [1.54, 1.807) is 0 Å². The van der Waals surface area contributed by atoms with Crippen molar-refractivity contribution in [3.8, 4) is 0 Å². The first kappa shape index (κ1) is 11.5. The highest BCUT2D eigenvalue weighted by molar-refractivity contribution is 6.78. The molecule has 2 atom stereocenters. The van der Waals surface area contributed by atoms with E-state index < -0.39 is 8.07 Å². The minimum absolute atomic E-state index is 0.0261. The van der Waals surface area contributed by atoms with Crippen molar-refractivity contribution in [2.75, 3.05) is 7.11 Å². The topological polar surface area (TPSA) is 26.3 Å². The van der Waals surface area contributed by atoms with E-state index in [-0.39, 0.29) is 11.9 Å². The van der Waals surface area contributed by atoms with E-state index in [1.165, 1.54) is 7.11 Å². The number of hydrogen-bond acceptors (Lipinski definition) is 2. The molecule has 0 spiro atoms. The summed E-state index contributed by atoms with van der Waals surface area (Å²) in [6.07, 6.45) is 6.42. The first-order chi connectivity index (χ1) is 6.46.